The van der Waals surface area contributed by atoms with Crippen molar-refractivity contribution in [3.63, 3.8) is 0 Å². The van der Waals surface area contributed by atoms with Crippen molar-refractivity contribution in [2.24, 2.45) is 0 Å². The smallest absolute Gasteiger partial charge is 0.0701 e. The van der Waals surface area contributed by atoms with Crippen molar-refractivity contribution >= 4 is 39.0 Å². The molecular formula is C11H18BrNS2. The van der Waals surface area contributed by atoms with E-state index in [0.29, 0.717) is 6.04 Å². The van der Waals surface area contributed by atoms with Crippen LogP contribution < -0.4 is 5.32 Å². The molecule has 0 bridgehead atoms. The van der Waals surface area contributed by atoms with Gasteiger partial charge in [-0.05, 0) is 54.2 Å². The van der Waals surface area contributed by atoms with Gasteiger partial charge in [0, 0.05) is 16.2 Å². The zero-order chi connectivity index (χ0) is 11.3. The zero-order valence-electron chi connectivity index (χ0n) is 9.42. The molecule has 1 aromatic heterocycles. The summed E-state index contributed by atoms with van der Waals surface area (Å²) in [6.07, 6.45) is 3.41. The first-order valence-electron chi connectivity index (χ1n) is 5.15. The highest BCUT2D eigenvalue weighted by molar-refractivity contribution is 9.11. The second kappa shape index (κ2) is 6.94. The Morgan fingerprint density at radius 2 is 2.20 bits per heavy atom. The summed E-state index contributed by atoms with van der Waals surface area (Å²) in [5.41, 5.74) is 0. The van der Waals surface area contributed by atoms with Crippen LogP contribution in [0.2, 0.25) is 0 Å². The summed E-state index contributed by atoms with van der Waals surface area (Å²) >= 11 is 7.23. The lowest BCUT2D eigenvalue weighted by atomic mass is 10.2. The summed E-state index contributed by atoms with van der Waals surface area (Å²) in [7, 11) is 0. The van der Waals surface area contributed by atoms with Gasteiger partial charge in [0.25, 0.3) is 0 Å². The second-order valence-electron chi connectivity index (χ2n) is 3.65. The van der Waals surface area contributed by atoms with E-state index in [1.165, 1.54) is 15.1 Å². The molecule has 0 spiro atoms. The van der Waals surface area contributed by atoms with Crippen LogP contribution in [0.25, 0.3) is 0 Å². The molecule has 4 heteroatoms. The lowest BCUT2D eigenvalue weighted by Crippen LogP contribution is -2.21. The molecule has 0 aromatic carbocycles. The molecule has 1 N–H and O–H groups in total. The topological polar surface area (TPSA) is 12.0 Å². The summed E-state index contributed by atoms with van der Waals surface area (Å²) < 4.78 is 1.21. The molecule has 0 aliphatic heterocycles. The van der Waals surface area contributed by atoms with E-state index in [9.17, 15) is 0 Å². The monoisotopic (exact) mass is 307 g/mol. The van der Waals surface area contributed by atoms with Crippen LogP contribution in [0.15, 0.2) is 15.9 Å². The van der Waals surface area contributed by atoms with E-state index in [-0.39, 0.29) is 0 Å². The number of rotatable bonds is 6. The Hall–Kier alpha value is 0.490. The van der Waals surface area contributed by atoms with Crippen LogP contribution in [0.4, 0.5) is 0 Å². The van der Waals surface area contributed by atoms with E-state index in [1.54, 1.807) is 0 Å². The summed E-state index contributed by atoms with van der Waals surface area (Å²) in [6.45, 7) is 5.60. The molecule has 0 aliphatic rings. The van der Waals surface area contributed by atoms with Crippen LogP contribution in [-0.2, 0) is 0 Å². The number of thiophene rings is 1. The fourth-order valence-corrected chi connectivity index (χ4v) is 3.09. The van der Waals surface area contributed by atoms with Crippen molar-refractivity contribution in [2.45, 2.75) is 31.6 Å². The molecule has 15 heavy (non-hydrogen) atoms. The van der Waals surface area contributed by atoms with Gasteiger partial charge in [-0.25, -0.2) is 0 Å². The third-order valence-corrected chi connectivity index (χ3v) is 5.27. The molecule has 0 saturated heterocycles. The Labute approximate surface area is 109 Å². The minimum atomic E-state index is 0.468. The zero-order valence-corrected chi connectivity index (χ0v) is 12.6. The average molecular weight is 308 g/mol. The number of halogens is 1. The van der Waals surface area contributed by atoms with E-state index in [2.05, 4.69) is 53.5 Å². The van der Waals surface area contributed by atoms with E-state index in [0.717, 1.165) is 11.8 Å². The van der Waals surface area contributed by atoms with Crippen LogP contribution in [0.3, 0.4) is 0 Å². The third-order valence-electron chi connectivity index (χ3n) is 2.42. The Morgan fingerprint density at radius 3 is 2.73 bits per heavy atom. The molecule has 0 fully saturated rings. The maximum atomic E-state index is 3.55. The third kappa shape index (κ3) is 4.89. The standard InChI is InChI=1S/C11H18BrNS2/c1-8(14-3)6-7-13-9(2)10-4-5-11(12)15-10/h4-5,8-9,13H,6-7H2,1-3H3. The van der Waals surface area contributed by atoms with Gasteiger partial charge in [0.05, 0.1) is 3.79 Å². The summed E-state index contributed by atoms with van der Waals surface area (Å²) in [5, 5.41) is 4.30. The lowest BCUT2D eigenvalue weighted by Gasteiger charge is -2.14. The predicted octanol–water partition coefficient (Wildman–Crippen LogP) is 4.30. The first kappa shape index (κ1) is 13.6. The molecule has 86 valence electrons. The van der Waals surface area contributed by atoms with Gasteiger partial charge < -0.3 is 5.32 Å². The number of hydrogen-bond acceptors (Lipinski definition) is 3. The minimum absolute atomic E-state index is 0.468. The summed E-state index contributed by atoms with van der Waals surface area (Å²) in [6, 6.07) is 4.77. The van der Waals surface area contributed by atoms with Gasteiger partial charge >= 0.3 is 0 Å². The van der Waals surface area contributed by atoms with E-state index < -0.39 is 0 Å². The van der Waals surface area contributed by atoms with Gasteiger partial charge in [0.1, 0.15) is 0 Å². The first-order valence-corrected chi connectivity index (χ1v) is 8.04. The highest BCUT2D eigenvalue weighted by atomic mass is 79.9. The molecule has 0 aliphatic carbocycles. The van der Waals surface area contributed by atoms with E-state index >= 15 is 0 Å². The molecule has 0 amide bonds. The quantitative estimate of drug-likeness (QED) is 0.841. The van der Waals surface area contributed by atoms with Crippen molar-refractivity contribution < 1.29 is 0 Å². The Kier molecular flexibility index (Phi) is 6.27. The van der Waals surface area contributed by atoms with Gasteiger partial charge in [-0.1, -0.05) is 6.92 Å². The minimum Gasteiger partial charge on any atom is -0.309 e. The average Bonchev–Trinajstić information content (AvgIpc) is 2.64. The highest BCUT2D eigenvalue weighted by Gasteiger charge is 2.07. The van der Waals surface area contributed by atoms with Gasteiger partial charge in [-0.2, -0.15) is 11.8 Å². The second-order valence-corrected chi connectivity index (χ2v) is 7.42. The molecule has 2 atom stereocenters. The maximum Gasteiger partial charge on any atom is 0.0701 e. The number of thioether (sulfide) groups is 1. The normalized spacial score (nSPS) is 15.2. The maximum absolute atomic E-state index is 3.55. The van der Waals surface area contributed by atoms with E-state index in [4.69, 9.17) is 0 Å². The molecule has 1 rings (SSSR count). The first-order chi connectivity index (χ1) is 7.13. The fraction of sp³-hybridized carbons (Fsp3) is 0.636. The van der Waals surface area contributed by atoms with Crippen molar-refractivity contribution in [1.29, 1.82) is 0 Å². The van der Waals surface area contributed by atoms with Crippen molar-refractivity contribution in [1.82, 2.24) is 5.32 Å². The highest BCUT2D eigenvalue weighted by Crippen LogP contribution is 2.27. The van der Waals surface area contributed by atoms with Crippen LogP contribution in [0, 0.1) is 0 Å². The largest absolute Gasteiger partial charge is 0.309 e. The summed E-state index contributed by atoms with van der Waals surface area (Å²) in [5.74, 6) is 0. The fourth-order valence-electron chi connectivity index (χ4n) is 1.28. The Balaban J connectivity index is 2.27. The Morgan fingerprint density at radius 1 is 1.47 bits per heavy atom. The van der Waals surface area contributed by atoms with Gasteiger partial charge in [-0.15, -0.1) is 11.3 Å². The van der Waals surface area contributed by atoms with Gasteiger partial charge in [0.2, 0.25) is 0 Å². The number of nitrogens with one attached hydrogen (secondary N) is 1. The van der Waals surface area contributed by atoms with E-state index in [1.807, 2.05) is 23.1 Å². The molecule has 1 aromatic rings. The predicted molar refractivity (Wildman–Crippen MR) is 76.0 cm³/mol. The van der Waals surface area contributed by atoms with Crippen molar-refractivity contribution in [3.05, 3.63) is 20.8 Å². The number of hydrogen-bond donors (Lipinski definition) is 1. The Bertz CT molecular complexity index is 288. The molecular weight excluding hydrogens is 290 g/mol. The molecule has 1 nitrogen and oxygen atoms in total. The van der Waals surface area contributed by atoms with Crippen molar-refractivity contribution in [3.8, 4) is 0 Å². The van der Waals surface area contributed by atoms with Gasteiger partial charge in [0.15, 0.2) is 0 Å². The summed E-state index contributed by atoms with van der Waals surface area (Å²) in [4.78, 5) is 1.40. The SMILES string of the molecule is CSC(C)CCNC(C)c1ccc(Br)s1. The lowest BCUT2D eigenvalue weighted by molar-refractivity contribution is 0.564. The molecule has 0 radical (unpaired) electrons. The van der Waals surface area contributed by atoms with Crippen LogP contribution in [0.5, 0.6) is 0 Å². The molecule has 1 heterocycles. The molecule has 0 saturated carbocycles. The molecule has 2 unspecified atom stereocenters. The van der Waals surface area contributed by atoms with Crippen LogP contribution in [-0.4, -0.2) is 18.1 Å². The van der Waals surface area contributed by atoms with Crippen LogP contribution >= 0.6 is 39.0 Å². The van der Waals surface area contributed by atoms with Crippen LogP contribution in [0.1, 0.15) is 31.2 Å². The van der Waals surface area contributed by atoms with Gasteiger partial charge in [-0.3, -0.25) is 0 Å². The van der Waals surface area contributed by atoms with Crippen molar-refractivity contribution in [2.75, 3.05) is 12.8 Å².